The van der Waals surface area contributed by atoms with Gasteiger partial charge in [0.2, 0.25) is 0 Å². The number of carboxylic acids is 1. The van der Waals surface area contributed by atoms with E-state index in [1.807, 2.05) is 0 Å². The van der Waals surface area contributed by atoms with Gasteiger partial charge in [0, 0.05) is 6.42 Å². The lowest BCUT2D eigenvalue weighted by Gasteiger charge is -2.12. The summed E-state index contributed by atoms with van der Waals surface area (Å²) in [7, 11) is 0. The van der Waals surface area contributed by atoms with Gasteiger partial charge >= 0.3 is 5.97 Å². The third-order valence-corrected chi connectivity index (χ3v) is 2.37. The Morgan fingerprint density at radius 3 is 2.76 bits per heavy atom. The van der Waals surface area contributed by atoms with E-state index < -0.39 is 17.9 Å². The monoisotopic (exact) mass is 242 g/mol. The van der Waals surface area contributed by atoms with Crippen LogP contribution in [-0.4, -0.2) is 29.4 Å². The number of hydrogen-bond acceptors (Lipinski definition) is 4. The molecule has 0 fully saturated rings. The van der Waals surface area contributed by atoms with E-state index >= 15 is 0 Å². The van der Waals surface area contributed by atoms with Gasteiger partial charge in [-0.3, -0.25) is 0 Å². The Bertz CT molecular complexity index is 446. The molecule has 0 saturated carbocycles. The van der Waals surface area contributed by atoms with Gasteiger partial charge < -0.3 is 19.7 Å². The number of benzene rings is 1. The molecule has 1 aromatic rings. The summed E-state index contributed by atoms with van der Waals surface area (Å²) >= 11 is 0. The Morgan fingerprint density at radius 2 is 2.06 bits per heavy atom. The fraction of sp³-hybridized carbons (Fsp3) is 0.364. The molecule has 1 atom stereocenters. The molecule has 2 N–H and O–H groups in total. The van der Waals surface area contributed by atoms with Gasteiger partial charge in [0.15, 0.2) is 23.4 Å². The van der Waals surface area contributed by atoms with Crippen LogP contribution in [0.15, 0.2) is 12.1 Å². The van der Waals surface area contributed by atoms with Gasteiger partial charge in [0.25, 0.3) is 0 Å². The standard InChI is InChI=1S/C11H11FO5/c12-7-4-6(9(13)11(14)15)5-8-10(7)17-3-1-2-16-8/h4-5,9,13H,1-3H2,(H,14,15). The Labute approximate surface area is 96.4 Å². The number of hydrogen-bond donors (Lipinski definition) is 2. The largest absolute Gasteiger partial charge is 0.489 e. The maximum atomic E-state index is 13.6. The lowest BCUT2D eigenvalue weighted by atomic mass is 10.1. The molecule has 1 aliphatic heterocycles. The molecule has 92 valence electrons. The fourth-order valence-corrected chi connectivity index (χ4v) is 1.55. The topological polar surface area (TPSA) is 76.0 Å². The molecular formula is C11H11FO5. The second kappa shape index (κ2) is 4.58. The van der Waals surface area contributed by atoms with Crippen molar-refractivity contribution in [2.24, 2.45) is 0 Å². The highest BCUT2D eigenvalue weighted by atomic mass is 19.1. The minimum Gasteiger partial charge on any atom is -0.489 e. The number of aliphatic hydroxyl groups excluding tert-OH is 1. The highest BCUT2D eigenvalue weighted by Crippen LogP contribution is 2.35. The number of fused-ring (bicyclic) bond motifs is 1. The van der Waals surface area contributed by atoms with Crippen LogP contribution >= 0.6 is 0 Å². The third-order valence-electron chi connectivity index (χ3n) is 2.37. The fourth-order valence-electron chi connectivity index (χ4n) is 1.55. The summed E-state index contributed by atoms with van der Waals surface area (Å²) < 4.78 is 24.0. The summed E-state index contributed by atoms with van der Waals surface area (Å²) in [4.78, 5) is 10.6. The minimum absolute atomic E-state index is 0.0381. The molecule has 0 radical (unpaired) electrons. The van der Waals surface area contributed by atoms with E-state index in [0.717, 1.165) is 6.07 Å². The van der Waals surface area contributed by atoms with Gasteiger partial charge in [-0.05, 0) is 17.7 Å². The summed E-state index contributed by atoms with van der Waals surface area (Å²) in [6.07, 6.45) is -1.16. The van der Waals surface area contributed by atoms with Crippen LogP contribution in [0.5, 0.6) is 11.5 Å². The lowest BCUT2D eigenvalue weighted by Crippen LogP contribution is -2.11. The van der Waals surface area contributed by atoms with Crippen molar-refractivity contribution < 1.29 is 28.9 Å². The summed E-state index contributed by atoms with van der Waals surface area (Å²) in [6.45, 7) is 0.698. The van der Waals surface area contributed by atoms with E-state index in [0.29, 0.717) is 19.6 Å². The number of ether oxygens (including phenoxy) is 2. The van der Waals surface area contributed by atoms with Gasteiger partial charge in [-0.15, -0.1) is 0 Å². The highest BCUT2D eigenvalue weighted by molar-refractivity contribution is 5.74. The molecule has 0 amide bonds. The van der Waals surface area contributed by atoms with Crippen molar-refractivity contribution in [2.45, 2.75) is 12.5 Å². The Balaban J connectivity index is 2.42. The minimum atomic E-state index is -1.78. The SMILES string of the molecule is O=C(O)C(O)c1cc(F)c2c(c1)OCCCO2. The predicted octanol–water partition coefficient (Wildman–Crippen LogP) is 1.10. The summed E-state index contributed by atoms with van der Waals surface area (Å²) in [5, 5.41) is 18.0. The van der Waals surface area contributed by atoms with E-state index in [-0.39, 0.29) is 17.1 Å². The van der Waals surface area contributed by atoms with E-state index in [1.54, 1.807) is 0 Å². The molecule has 5 nitrogen and oxygen atoms in total. The highest BCUT2D eigenvalue weighted by Gasteiger charge is 2.22. The van der Waals surface area contributed by atoms with Crippen LogP contribution in [0, 0.1) is 5.82 Å². The number of halogens is 1. The Kier molecular flexibility index (Phi) is 3.14. The molecule has 1 unspecified atom stereocenters. The number of aliphatic hydroxyl groups is 1. The Hall–Kier alpha value is -1.82. The van der Waals surface area contributed by atoms with Crippen molar-refractivity contribution >= 4 is 5.97 Å². The zero-order chi connectivity index (χ0) is 12.4. The molecule has 0 bridgehead atoms. The second-order valence-electron chi connectivity index (χ2n) is 3.62. The van der Waals surface area contributed by atoms with Gasteiger partial charge in [-0.25, -0.2) is 9.18 Å². The maximum Gasteiger partial charge on any atom is 0.337 e. The lowest BCUT2D eigenvalue weighted by molar-refractivity contribution is -0.146. The van der Waals surface area contributed by atoms with Crippen molar-refractivity contribution in [1.29, 1.82) is 0 Å². The molecule has 1 aliphatic rings. The van der Waals surface area contributed by atoms with Crippen LogP contribution in [0.25, 0.3) is 0 Å². The first-order valence-corrected chi connectivity index (χ1v) is 5.09. The summed E-state index contributed by atoms with van der Waals surface area (Å²) in [6, 6.07) is 2.22. The quantitative estimate of drug-likeness (QED) is 0.812. The number of rotatable bonds is 2. The van der Waals surface area contributed by atoms with Crippen molar-refractivity contribution in [3.63, 3.8) is 0 Å². The first-order valence-electron chi connectivity index (χ1n) is 5.09. The molecule has 0 saturated heterocycles. The zero-order valence-corrected chi connectivity index (χ0v) is 8.85. The average molecular weight is 242 g/mol. The first-order chi connectivity index (χ1) is 8.09. The van der Waals surface area contributed by atoms with Crippen molar-refractivity contribution in [1.82, 2.24) is 0 Å². The molecule has 17 heavy (non-hydrogen) atoms. The van der Waals surface area contributed by atoms with Crippen LogP contribution in [0.1, 0.15) is 18.1 Å². The zero-order valence-electron chi connectivity index (χ0n) is 8.85. The van der Waals surface area contributed by atoms with E-state index in [1.165, 1.54) is 6.07 Å². The van der Waals surface area contributed by atoms with Crippen molar-refractivity contribution in [3.8, 4) is 11.5 Å². The number of carboxylic acid groups (broad SMARTS) is 1. The molecular weight excluding hydrogens is 231 g/mol. The maximum absolute atomic E-state index is 13.6. The van der Waals surface area contributed by atoms with Crippen molar-refractivity contribution in [2.75, 3.05) is 13.2 Å². The van der Waals surface area contributed by atoms with E-state index in [9.17, 15) is 14.3 Å². The normalized spacial score (nSPS) is 16.1. The third kappa shape index (κ3) is 2.31. The summed E-state index contributed by atoms with van der Waals surface area (Å²) in [5.41, 5.74) is -0.0701. The van der Waals surface area contributed by atoms with Gasteiger partial charge in [0.05, 0.1) is 13.2 Å². The van der Waals surface area contributed by atoms with Crippen molar-refractivity contribution in [3.05, 3.63) is 23.5 Å². The summed E-state index contributed by atoms with van der Waals surface area (Å²) in [5.74, 6) is -2.10. The van der Waals surface area contributed by atoms with Crippen LogP contribution < -0.4 is 9.47 Å². The van der Waals surface area contributed by atoms with E-state index in [4.69, 9.17) is 14.6 Å². The molecule has 1 heterocycles. The molecule has 6 heteroatoms. The van der Waals surface area contributed by atoms with Gasteiger partial charge in [0.1, 0.15) is 0 Å². The van der Waals surface area contributed by atoms with Gasteiger partial charge in [-0.2, -0.15) is 0 Å². The number of carbonyl (C=O) groups is 1. The Morgan fingerprint density at radius 1 is 1.35 bits per heavy atom. The predicted molar refractivity (Wildman–Crippen MR) is 54.6 cm³/mol. The first kappa shape index (κ1) is 11.7. The molecule has 0 aromatic heterocycles. The van der Waals surface area contributed by atoms with Crippen LogP contribution in [0.3, 0.4) is 0 Å². The van der Waals surface area contributed by atoms with Crippen LogP contribution in [-0.2, 0) is 4.79 Å². The van der Waals surface area contributed by atoms with E-state index in [2.05, 4.69) is 0 Å². The average Bonchev–Trinajstić information content (AvgIpc) is 2.53. The van der Waals surface area contributed by atoms with Crippen LogP contribution in [0.2, 0.25) is 0 Å². The number of aliphatic carboxylic acids is 1. The second-order valence-corrected chi connectivity index (χ2v) is 3.62. The smallest absolute Gasteiger partial charge is 0.337 e. The molecule has 0 aliphatic carbocycles. The van der Waals surface area contributed by atoms with Gasteiger partial charge in [-0.1, -0.05) is 0 Å². The van der Waals surface area contributed by atoms with Crippen LogP contribution in [0.4, 0.5) is 4.39 Å². The molecule has 1 aromatic carbocycles. The molecule has 2 rings (SSSR count). The molecule has 0 spiro atoms.